The second-order valence-electron chi connectivity index (χ2n) is 34.9. The van der Waals surface area contributed by atoms with Crippen LogP contribution in [0.3, 0.4) is 0 Å². The summed E-state index contributed by atoms with van der Waals surface area (Å²) in [6.07, 6.45) is 5.92. The highest BCUT2D eigenvalue weighted by molar-refractivity contribution is 5.85. The molecule has 5 aromatic carbocycles. The van der Waals surface area contributed by atoms with Gasteiger partial charge in [0.25, 0.3) is 0 Å². The molecule has 4 saturated heterocycles. The number of nitrogens with one attached hydrogen (secondary N) is 2. The number of phenolic OH excluding ortho intramolecular Hbond substituents is 5. The third-order valence-electron chi connectivity index (χ3n) is 24.0. The Kier molecular flexibility index (Phi) is 55.2. The molecule has 134 heavy (non-hydrogen) atoms. The van der Waals surface area contributed by atoms with E-state index in [0.29, 0.717) is 146 Å². The van der Waals surface area contributed by atoms with Gasteiger partial charge >= 0.3 is 35.9 Å². The topological polar surface area (TPSA) is 441 Å². The molecule has 4 aliphatic rings. The monoisotopic (exact) mass is 1870 g/mol. The molecule has 1 unspecified atom stereocenters. The van der Waals surface area contributed by atoms with E-state index in [1.165, 1.54) is 4.90 Å². The van der Waals surface area contributed by atoms with Crippen molar-refractivity contribution >= 4 is 60.8 Å². The highest BCUT2D eigenvalue weighted by Crippen LogP contribution is 2.37. The summed E-state index contributed by atoms with van der Waals surface area (Å²) in [5, 5.41) is 112. The first-order chi connectivity index (χ1) is 64.2. The average Bonchev–Trinajstić information content (AvgIpc) is 1.59. The molecule has 1 amide bonds. The summed E-state index contributed by atoms with van der Waals surface area (Å²) in [7, 11) is 0. The molecule has 0 aliphatic carbocycles. The lowest BCUT2D eigenvalue weighted by atomic mass is 9.99. The fraction of sp³-hybridized carbons (Fsp3) is 0.592. The molecule has 0 aromatic heterocycles. The Morgan fingerprint density at radius 3 is 0.993 bits per heavy atom. The van der Waals surface area contributed by atoms with Crippen molar-refractivity contribution in [3.63, 3.8) is 0 Å². The van der Waals surface area contributed by atoms with E-state index in [1.54, 1.807) is 73.4 Å². The summed E-state index contributed by atoms with van der Waals surface area (Å²) >= 11 is 0. The van der Waals surface area contributed by atoms with Gasteiger partial charge in [-0.3, -0.25) is 88.0 Å². The van der Waals surface area contributed by atoms with Crippen LogP contribution in [-0.4, -0.2) is 467 Å². The summed E-state index contributed by atoms with van der Waals surface area (Å²) < 4.78 is 0. The van der Waals surface area contributed by atoms with Crippen molar-refractivity contribution in [2.45, 2.75) is 106 Å². The molecule has 0 bridgehead atoms. The van der Waals surface area contributed by atoms with Crippen LogP contribution in [0.1, 0.15) is 122 Å². The Bertz CT molecular complexity index is 4180. The molecule has 5 aromatic rings. The number of hydrogen-bond acceptors (Lipinski definition) is 29. The molecule has 4 heterocycles. The number of hydrogen-bond donors (Lipinski definition) is 13. The first-order valence-corrected chi connectivity index (χ1v) is 47.4. The van der Waals surface area contributed by atoms with Gasteiger partial charge in [0, 0.05) is 261 Å². The minimum atomic E-state index is -0.950. The van der Waals surface area contributed by atoms with E-state index in [9.17, 15) is 69.6 Å². The molecule has 4 aliphatic heterocycles. The predicted octanol–water partition coefficient (Wildman–Crippen LogP) is 6.92. The van der Waals surface area contributed by atoms with Gasteiger partial charge in [0.1, 0.15) is 28.7 Å². The fourth-order valence-electron chi connectivity index (χ4n) is 15.8. The van der Waals surface area contributed by atoms with Gasteiger partial charge in [-0.2, -0.15) is 0 Å². The van der Waals surface area contributed by atoms with Gasteiger partial charge in [0.15, 0.2) is 0 Å². The molecule has 746 valence electrons. The molecule has 13 N–H and O–H groups in total. The van der Waals surface area contributed by atoms with Gasteiger partial charge in [0.05, 0.1) is 65.1 Å². The second-order valence-corrected chi connectivity index (χ2v) is 34.9. The smallest absolute Gasteiger partial charge is 0.407 e. The van der Waals surface area contributed by atoms with Crippen molar-refractivity contribution in [1.29, 1.82) is 0 Å². The van der Waals surface area contributed by atoms with Crippen molar-refractivity contribution < 1.29 is 84.9 Å². The second kappa shape index (κ2) is 64.7. The van der Waals surface area contributed by atoms with E-state index >= 15 is 0 Å². The first-order valence-electron chi connectivity index (χ1n) is 47.4. The number of aliphatic imine (C=N–C) groups is 4. The van der Waals surface area contributed by atoms with Crippen LogP contribution in [0.2, 0.25) is 0 Å². The predicted molar refractivity (Wildman–Crippen MR) is 530 cm³/mol. The summed E-state index contributed by atoms with van der Waals surface area (Å²) in [5.74, 6) is -2.65. The van der Waals surface area contributed by atoms with Gasteiger partial charge in [-0.05, 0) is 119 Å². The molecular weight excluding hydrogens is 1720 g/mol. The molecule has 4 fully saturated rings. The Morgan fingerprint density at radius 2 is 0.657 bits per heavy atom. The standard InChI is InChI=1S/C30H36N4O3.C20H26N4O2.C19H36N4O6.C17H34N4O4.C12H25N3O2/c1-22(2)23-11-12-26(29(37)19-23)30-33(15-13-31-20-24-7-3-5-9-27(24)35)17-18-34(30)16-14-32-21-25-8-4-6-10-28(25)36;25-19-7-3-1-5-17(19)15-23-13-11-21-9-10-22-12-14-24-16-18-6-2-4-8-20(18)26;1-4-20-5-7-21(12-17(24)25)9-10-23(14-19(28)29)16(15(2)3)11-22(8-6-20)13-18(26)27;1-4-18-5-7-19(13-16(22)23)9-11-21(15(2)3)12-10-20(8-6-18)14-17(24)25;1-4-13-5-7-14(11(2)3)9-10-15(8-6-13)12(16)17/h3-12,19-22,30,35-37H,13-18H2,1-2H3;1-8,15-16,21-22,25-26H,9-14H2;15-16H,4-14H2,1-3H3,(H,24,25)(H,26,27)(H,28,29);15H,4-14H2,1-3H3,(H,22,23)(H,24,25);11H,4-10H2,1-3H3,(H,16,17). The average molecular weight is 1870 g/mol. The number of rotatable bonds is 37. The van der Waals surface area contributed by atoms with Crippen LogP contribution in [0.25, 0.3) is 0 Å². The molecule has 36 heteroatoms. The summed E-state index contributed by atoms with van der Waals surface area (Å²) in [4.78, 5) is 112. The van der Waals surface area contributed by atoms with Gasteiger partial charge in [-0.25, -0.2) is 4.79 Å². The minimum absolute atomic E-state index is 0.0641. The maximum absolute atomic E-state index is 11.4. The van der Waals surface area contributed by atoms with E-state index in [-0.39, 0.29) is 73.8 Å². The molecule has 36 nitrogen and oxygen atoms in total. The quantitative estimate of drug-likeness (QED) is 0.0142. The number of amides is 1. The lowest BCUT2D eigenvalue weighted by Crippen LogP contribution is -2.54. The van der Waals surface area contributed by atoms with E-state index in [2.05, 4.69) is 126 Å². The SMILES string of the molecule is CC(C)c1ccc(C2N(CCN=Cc3ccccc3O)CCN2CCN=Cc2ccccc2O)c(O)c1.CCN1CCN(C(=O)O)CCN(C(C)C)CC1.CCN1CCN(CC(=O)O)CCN(C(C)C)CCN(CC(=O)O)CC1.CCN1CCN(CC(=O)O)CCN(CC(=O)O)C(C(C)C)CN(CC(=O)O)CC1.Oc1ccccc1C=NCCNCCNCCN=Cc1ccccc1O. The molecular formula is C98H157N19O17. The van der Waals surface area contributed by atoms with Crippen molar-refractivity contribution in [2.75, 3.05) is 268 Å². The Balaban J connectivity index is 0.000000302. The molecule has 0 radical (unpaired) electrons. The lowest BCUT2D eigenvalue weighted by Gasteiger charge is -2.39. The zero-order valence-electron chi connectivity index (χ0n) is 81.2. The maximum atomic E-state index is 11.4. The number of carbonyl (C=O) groups is 6. The van der Waals surface area contributed by atoms with Crippen molar-refractivity contribution in [1.82, 2.24) is 74.3 Å². The zero-order chi connectivity index (χ0) is 98.3. The van der Waals surface area contributed by atoms with Crippen LogP contribution in [0.15, 0.2) is 135 Å². The highest BCUT2D eigenvalue weighted by Gasteiger charge is 2.35. The van der Waals surface area contributed by atoms with Crippen molar-refractivity contribution in [2.24, 2.45) is 25.9 Å². The number of para-hydroxylation sites is 4. The van der Waals surface area contributed by atoms with Crippen LogP contribution in [-0.2, 0) is 24.0 Å². The maximum Gasteiger partial charge on any atom is 0.407 e. The zero-order valence-corrected chi connectivity index (χ0v) is 81.2. The summed E-state index contributed by atoms with van der Waals surface area (Å²) in [5.41, 5.74) is 4.86. The van der Waals surface area contributed by atoms with Gasteiger partial charge in [0.2, 0.25) is 0 Å². The van der Waals surface area contributed by atoms with Crippen LogP contribution < -0.4 is 10.6 Å². The fourth-order valence-corrected chi connectivity index (χ4v) is 15.8. The molecule has 9 rings (SSSR count). The molecule has 1 atom stereocenters. The summed E-state index contributed by atoms with van der Waals surface area (Å²) in [6, 6.07) is 35.3. The Labute approximate surface area is 794 Å². The highest BCUT2D eigenvalue weighted by atomic mass is 16.4. The van der Waals surface area contributed by atoms with Crippen LogP contribution in [0.5, 0.6) is 28.7 Å². The molecule has 0 saturated carbocycles. The first kappa shape index (κ1) is 114. The number of benzene rings is 5. The van der Waals surface area contributed by atoms with Gasteiger partial charge in [-0.1, -0.05) is 109 Å². The van der Waals surface area contributed by atoms with Crippen molar-refractivity contribution in [3.05, 3.63) is 149 Å². The van der Waals surface area contributed by atoms with Crippen LogP contribution in [0.4, 0.5) is 4.79 Å². The van der Waals surface area contributed by atoms with E-state index in [1.807, 2.05) is 106 Å². The Morgan fingerprint density at radius 1 is 0.351 bits per heavy atom. The third-order valence-corrected chi connectivity index (χ3v) is 24.0. The summed E-state index contributed by atoms with van der Waals surface area (Å²) in [6.45, 7) is 49.2. The number of aliphatic carboxylic acids is 5. The normalized spacial score (nSPS) is 18.3. The third kappa shape index (κ3) is 45.9. The number of likely N-dealkylation sites (N-methyl/N-ethyl adjacent to an activating group) is 3. The van der Waals surface area contributed by atoms with Crippen molar-refractivity contribution in [3.8, 4) is 28.7 Å². The van der Waals surface area contributed by atoms with Crippen LogP contribution in [0, 0.1) is 5.92 Å². The van der Waals surface area contributed by atoms with Crippen LogP contribution >= 0.6 is 0 Å². The number of nitrogens with zero attached hydrogens (tertiary/aromatic N) is 17. The van der Waals surface area contributed by atoms with E-state index in [0.717, 1.165) is 147 Å². The van der Waals surface area contributed by atoms with E-state index < -0.39 is 35.9 Å². The number of carboxylic acid groups (broad SMARTS) is 6. The van der Waals surface area contributed by atoms with E-state index in [4.69, 9.17) is 15.3 Å². The largest absolute Gasteiger partial charge is 0.508 e. The van der Waals surface area contributed by atoms with Gasteiger partial charge < -0.3 is 86.4 Å². The minimum Gasteiger partial charge on any atom is -0.508 e. The number of aromatic hydroxyl groups is 5. The van der Waals surface area contributed by atoms with Gasteiger partial charge in [-0.15, -0.1) is 0 Å². The number of carboxylic acids is 5. The Hall–Kier alpha value is -10.2. The number of phenols is 5. The molecule has 0 spiro atoms. The lowest BCUT2D eigenvalue weighted by molar-refractivity contribution is -0.141.